The smallest absolute Gasteiger partial charge is 0.331 e. The number of carbonyl (C=O) groups is 2. The van der Waals surface area contributed by atoms with Crippen molar-refractivity contribution in [1.82, 2.24) is 0 Å². The number of hydrogen-bond donors (Lipinski definition) is 1. The van der Waals surface area contributed by atoms with Gasteiger partial charge in [-0.25, -0.2) is 4.79 Å². The molecule has 0 aliphatic rings. The van der Waals surface area contributed by atoms with E-state index in [0.717, 1.165) is 27.6 Å². The van der Waals surface area contributed by atoms with E-state index in [1.54, 1.807) is 25.3 Å². The minimum Gasteiger partial charge on any atom is -0.497 e. The Kier molecular flexibility index (Phi) is 6.07. The zero-order chi connectivity index (χ0) is 19.9. The van der Waals surface area contributed by atoms with Crippen LogP contribution in [0, 0.1) is 0 Å². The van der Waals surface area contributed by atoms with Crippen LogP contribution in [0.1, 0.15) is 18.1 Å². The van der Waals surface area contributed by atoms with Crippen LogP contribution in [0.4, 0.5) is 5.69 Å². The Morgan fingerprint density at radius 1 is 0.964 bits per heavy atom. The summed E-state index contributed by atoms with van der Waals surface area (Å²) in [5.74, 6) is 0.266. The van der Waals surface area contributed by atoms with Crippen molar-refractivity contribution in [3.63, 3.8) is 0 Å². The van der Waals surface area contributed by atoms with Crippen molar-refractivity contribution in [2.45, 2.75) is 13.5 Å². The van der Waals surface area contributed by atoms with E-state index in [0.29, 0.717) is 5.69 Å². The lowest BCUT2D eigenvalue weighted by atomic mass is 10.1. The van der Waals surface area contributed by atoms with E-state index in [-0.39, 0.29) is 12.5 Å². The molecular formula is C23H21NO4. The number of nitrogens with one attached hydrogen (secondary N) is 1. The average molecular weight is 375 g/mol. The minimum atomic E-state index is -0.416. The van der Waals surface area contributed by atoms with Crippen LogP contribution in [0.3, 0.4) is 0 Å². The van der Waals surface area contributed by atoms with Gasteiger partial charge in [-0.15, -0.1) is 0 Å². The van der Waals surface area contributed by atoms with Gasteiger partial charge in [-0.3, -0.25) is 4.79 Å². The van der Waals surface area contributed by atoms with Crippen LogP contribution in [-0.4, -0.2) is 19.0 Å². The highest BCUT2D eigenvalue weighted by Crippen LogP contribution is 2.22. The molecule has 5 nitrogen and oxygen atoms in total. The van der Waals surface area contributed by atoms with E-state index in [2.05, 4.69) is 5.32 Å². The van der Waals surface area contributed by atoms with Crippen molar-refractivity contribution >= 4 is 34.4 Å². The highest BCUT2D eigenvalue weighted by atomic mass is 16.5. The Labute approximate surface area is 163 Å². The summed E-state index contributed by atoms with van der Waals surface area (Å²) in [6, 6.07) is 18.9. The molecule has 0 unspecified atom stereocenters. The number of ether oxygens (including phenoxy) is 2. The predicted octanol–water partition coefficient (Wildman–Crippen LogP) is 4.56. The van der Waals surface area contributed by atoms with E-state index in [4.69, 9.17) is 9.47 Å². The van der Waals surface area contributed by atoms with E-state index in [1.165, 1.54) is 13.0 Å². The Bertz CT molecular complexity index is 1020. The second-order valence-electron chi connectivity index (χ2n) is 6.29. The van der Waals surface area contributed by atoms with E-state index < -0.39 is 5.97 Å². The summed E-state index contributed by atoms with van der Waals surface area (Å²) < 4.78 is 10.5. The first-order valence-corrected chi connectivity index (χ1v) is 8.83. The van der Waals surface area contributed by atoms with Crippen LogP contribution in [-0.2, 0) is 20.9 Å². The van der Waals surface area contributed by atoms with Gasteiger partial charge in [0, 0.05) is 18.7 Å². The molecule has 0 spiro atoms. The summed E-state index contributed by atoms with van der Waals surface area (Å²) in [6.07, 6.45) is 3.06. The number of anilines is 1. The molecule has 0 radical (unpaired) electrons. The van der Waals surface area contributed by atoms with Crippen molar-refractivity contribution in [3.8, 4) is 5.75 Å². The molecule has 3 aromatic carbocycles. The van der Waals surface area contributed by atoms with Gasteiger partial charge in [0.05, 0.1) is 7.11 Å². The molecule has 0 saturated heterocycles. The molecule has 0 aromatic heterocycles. The maximum atomic E-state index is 12.0. The van der Waals surface area contributed by atoms with Gasteiger partial charge in [0.2, 0.25) is 5.91 Å². The summed E-state index contributed by atoms with van der Waals surface area (Å²) in [5.41, 5.74) is 2.46. The Balaban J connectivity index is 1.57. The predicted molar refractivity (Wildman–Crippen MR) is 110 cm³/mol. The number of esters is 1. The molecule has 0 atom stereocenters. The molecule has 28 heavy (non-hydrogen) atoms. The molecule has 142 valence electrons. The average Bonchev–Trinajstić information content (AvgIpc) is 2.70. The second-order valence-corrected chi connectivity index (χ2v) is 6.29. The van der Waals surface area contributed by atoms with Crippen LogP contribution in [0.5, 0.6) is 5.75 Å². The molecule has 3 aromatic rings. The molecule has 1 amide bonds. The fraction of sp³-hybridized carbons (Fsp3) is 0.130. The molecule has 5 heteroatoms. The second kappa shape index (κ2) is 8.86. The number of hydrogen-bond acceptors (Lipinski definition) is 4. The van der Waals surface area contributed by atoms with Crippen LogP contribution in [0.2, 0.25) is 0 Å². The lowest BCUT2D eigenvalue weighted by molar-refractivity contribution is -0.138. The molecule has 0 aliphatic heterocycles. The molecule has 0 bridgehead atoms. The first-order chi connectivity index (χ1) is 13.5. The SMILES string of the molecule is COc1ccc2cc(COC(=O)/C=C/c3ccc(NC(C)=O)cc3)ccc2c1. The topological polar surface area (TPSA) is 64.6 Å². The monoisotopic (exact) mass is 375 g/mol. The van der Waals surface area contributed by atoms with Gasteiger partial charge >= 0.3 is 5.97 Å². The van der Waals surface area contributed by atoms with Crippen molar-refractivity contribution in [1.29, 1.82) is 0 Å². The van der Waals surface area contributed by atoms with Gasteiger partial charge < -0.3 is 14.8 Å². The maximum Gasteiger partial charge on any atom is 0.331 e. The standard InChI is InChI=1S/C23H21NO4/c1-16(25)24-21-9-4-17(5-10-21)6-12-23(26)28-15-18-3-7-20-14-22(27-2)11-8-19(20)13-18/h3-14H,15H2,1-2H3,(H,24,25)/b12-6+. The van der Waals surface area contributed by atoms with Crippen molar-refractivity contribution in [3.05, 3.63) is 77.9 Å². The van der Waals surface area contributed by atoms with Gasteiger partial charge in [0.25, 0.3) is 0 Å². The van der Waals surface area contributed by atoms with Crippen molar-refractivity contribution in [2.24, 2.45) is 0 Å². The molecule has 0 fully saturated rings. The third-order valence-corrected chi connectivity index (χ3v) is 4.14. The van der Waals surface area contributed by atoms with Gasteiger partial charge in [-0.2, -0.15) is 0 Å². The van der Waals surface area contributed by atoms with Gasteiger partial charge in [0.1, 0.15) is 12.4 Å². The Morgan fingerprint density at radius 3 is 2.39 bits per heavy atom. The first kappa shape index (κ1) is 19.2. The molecule has 0 heterocycles. The fourth-order valence-corrected chi connectivity index (χ4v) is 2.74. The number of methoxy groups -OCH3 is 1. The summed E-state index contributed by atoms with van der Waals surface area (Å²) in [6.45, 7) is 1.66. The van der Waals surface area contributed by atoms with E-state index >= 15 is 0 Å². The summed E-state index contributed by atoms with van der Waals surface area (Å²) in [7, 11) is 1.64. The third kappa shape index (κ3) is 5.20. The fourth-order valence-electron chi connectivity index (χ4n) is 2.74. The highest BCUT2D eigenvalue weighted by molar-refractivity contribution is 5.89. The lowest BCUT2D eigenvalue weighted by Gasteiger charge is -2.06. The molecule has 3 rings (SSSR count). The zero-order valence-corrected chi connectivity index (χ0v) is 15.8. The Morgan fingerprint density at radius 2 is 1.68 bits per heavy atom. The number of amides is 1. The summed E-state index contributed by atoms with van der Waals surface area (Å²) >= 11 is 0. The Hall–Kier alpha value is -3.60. The molecule has 0 saturated carbocycles. The highest BCUT2D eigenvalue weighted by Gasteiger charge is 2.02. The number of fused-ring (bicyclic) bond motifs is 1. The van der Waals surface area contributed by atoms with Crippen LogP contribution in [0.25, 0.3) is 16.8 Å². The lowest BCUT2D eigenvalue weighted by Crippen LogP contribution is -2.05. The number of benzene rings is 3. The van der Waals surface area contributed by atoms with Gasteiger partial charge in [0.15, 0.2) is 0 Å². The first-order valence-electron chi connectivity index (χ1n) is 8.83. The molecule has 0 aliphatic carbocycles. The van der Waals surface area contributed by atoms with Crippen LogP contribution in [0.15, 0.2) is 66.7 Å². The number of carbonyl (C=O) groups excluding carboxylic acids is 2. The summed E-state index contributed by atoms with van der Waals surface area (Å²) in [5, 5.41) is 4.82. The molecular weight excluding hydrogens is 354 g/mol. The quantitative estimate of drug-likeness (QED) is 0.507. The maximum absolute atomic E-state index is 12.0. The van der Waals surface area contributed by atoms with Gasteiger partial charge in [-0.1, -0.05) is 30.3 Å². The summed E-state index contributed by atoms with van der Waals surface area (Å²) in [4.78, 5) is 23.0. The largest absolute Gasteiger partial charge is 0.497 e. The minimum absolute atomic E-state index is 0.125. The van der Waals surface area contributed by atoms with Crippen LogP contribution >= 0.6 is 0 Å². The van der Waals surface area contributed by atoms with Gasteiger partial charge in [-0.05, 0) is 58.3 Å². The van der Waals surface area contributed by atoms with Crippen LogP contribution < -0.4 is 10.1 Å². The van der Waals surface area contributed by atoms with Crippen molar-refractivity contribution in [2.75, 3.05) is 12.4 Å². The number of rotatable bonds is 6. The van der Waals surface area contributed by atoms with E-state index in [9.17, 15) is 9.59 Å². The zero-order valence-electron chi connectivity index (χ0n) is 15.8. The van der Waals surface area contributed by atoms with Crippen molar-refractivity contribution < 1.29 is 19.1 Å². The van der Waals surface area contributed by atoms with E-state index in [1.807, 2.05) is 48.5 Å². The molecule has 1 N–H and O–H groups in total. The normalized spacial score (nSPS) is 10.8. The third-order valence-electron chi connectivity index (χ3n) is 4.14.